The van der Waals surface area contributed by atoms with Gasteiger partial charge in [0.25, 0.3) is 0 Å². The van der Waals surface area contributed by atoms with Gasteiger partial charge in [-0.1, -0.05) is 6.42 Å². The number of carbonyl (C=O) groups is 1. The maximum Gasteiger partial charge on any atom is 0.339 e. The molecule has 1 saturated heterocycles. The number of anilines is 1. The zero-order chi connectivity index (χ0) is 15.2. The maximum atomic E-state index is 13.0. The first-order valence-electron chi connectivity index (χ1n) is 7.44. The second-order valence-electron chi connectivity index (χ2n) is 5.52. The first-order valence-corrected chi connectivity index (χ1v) is 7.44. The first kappa shape index (κ1) is 15.7. The summed E-state index contributed by atoms with van der Waals surface area (Å²) in [6, 6.07) is 1.61. The summed E-state index contributed by atoms with van der Waals surface area (Å²) in [7, 11) is 0. The Labute approximate surface area is 124 Å². The molecule has 1 aliphatic rings. The van der Waals surface area contributed by atoms with Crippen molar-refractivity contribution in [1.29, 1.82) is 0 Å². The zero-order valence-corrected chi connectivity index (χ0v) is 12.3. The molecule has 21 heavy (non-hydrogen) atoms. The fourth-order valence-corrected chi connectivity index (χ4v) is 2.72. The fraction of sp³-hybridized carbons (Fsp3) is 0.600. The highest BCUT2D eigenvalue weighted by Crippen LogP contribution is 2.17. The molecule has 2 N–H and O–H groups in total. The van der Waals surface area contributed by atoms with Gasteiger partial charge in [-0.05, 0) is 38.8 Å². The molecule has 0 aliphatic carbocycles. The van der Waals surface area contributed by atoms with E-state index >= 15 is 0 Å². The number of hydrogen-bond donors (Lipinski definition) is 2. The average Bonchev–Trinajstić information content (AvgIpc) is 2.46. The second kappa shape index (κ2) is 7.36. The van der Waals surface area contributed by atoms with Crippen LogP contribution in [0.1, 0.15) is 43.0 Å². The smallest absolute Gasteiger partial charge is 0.339 e. The molecule has 1 unspecified atom stereocenters. The topological polar surface area (TPSA) is 65.5 Å². The van der Waals surface area contributed by atoms with Crippen molar-refractivity contribution in [1.82, 2.24) is 9.88 Å². The number of piperidine rings is 1. The molecule has 0 bridgehead atoms. The average molecular weight is 295 g/mol. The van der Waals surface area contributed by atoms with Crippen LogP contribution in [0.15, 0.2) is 12.3 Å². The molecule has 116 valence electrons. The number of carboxylic acid groups (broad SMARTS) is 1. The molecule has 0 spiro atoms. The van der Waals surface area contributed by atoms with E-state index in [-0.39, 0.29) is 11.4 Å². The van der Waals surface area contributed by atoms with Crippen molar-refractivity contribution in [3.8, 4) is 0 Å². The number of hydrogen-bond acceptors (Lipinski definition) is 4. The van der Waals surface area contributed by atoms with Crippen molar-refractivity contribution >= 4 is 11.8 Å². The molecule has 0 aromatic carbocycles. The van der Waals surface area contributed by atoms with Crippen molar-refractivity contribution in [3.05, 3.63) is 23.6 Å². The Morgan fingerprint density at radius 2 is 2.38 bits per heavy atom. The van der Waals surface area contributed by atoms with Crippen molar-refractivity contribution in [2.75, 3.05) is 25.0 Å². The lowest BCUT2D eigenvalue weighted by Crippen LogP contribution is -2.38. The second-order valence-corrected chi connectivity index (χ2v) is 5.52. The standard InChI is InChI=1S/C15H22FN3O2/c1-11-5-2-3-7-19(11)8-4-6-17-14-13(15(20)21)9-12(16)10-18-14/h9-11H,2-8H2,1H3,(H,17,18)(H,20,21). The number of nitrogens with one attached hydrogen (secondary N) is 1. The van der Waals surface area contributed by atoms with Crippen LogP contribution in [0.4, 0.5) is 10.2 Å². The quantitative estimate of drug-likeness (QED) is 0.790. The molecule has 6 heteroatoms. The van der Waals surface area contributed by atoms with Gasteiger partial charge in [0.05, 0.1) is 6.20 Å². The van der Waals surface area contributed by atoms with Gasteiger partial charge in [0.2, 0.25) is 0 Å². The van der Waals surface area contributed by atoms with Gasteiger partial charge in [0.1, 0.15) is 17.2 Å². The number of aromatic nitrogens is 1. The SMILES string of the molecule is CC1CCCCN1CCCNc1ncc(F)cc1C(=O)O. The summed E-state index contributed by atoms with van der Waals surface area (Å²) in [4.78, 5) is 17.3. The van der Waals surface area contributed by atoms with E-state index in [9.17, 15) is 9.18 Å². The Hall–Kier alpha value is -1.69. The van der Waals surface area contributed by atoms with E-state index in [1.165, 1.54) is 19.3 Å². The van der Waals surface area contributed by atoms with Crippen LogP contribution in [0.5, 0.6) is 0 Å². The summed E-state index contributed by atoms with van der Waals surface area (Å²) < 4.78 is 13.0. The van der Waals surface area contributed by atoms with E-state index in [0.29, 0.717) is 12.6 Å². The van der Waals surface area contributed by atoms with Gasteiger partial charge < -0.3 is 15.3 Å². The normalized spacial score (nSPS) is 19.4. The molecule has 1 aromatic heterocycles. The van der Waals surface area contributed by atoms with Gasteiger partial charge in [-0.3, -0.25) is 0 Å². The molecule has 2 heterocycles. The summed E-state index contributed by atoms with van der Waals surface area (Å²) in [5.74, 6) is -1.58. The summed E-state index contributed by atoms with van der Waals surface area (Å²) in [5.41, 5.74) is -0.124. The third-order valence-corrected chi connectivity index (χ3v) is 3.94. The van der Waals surface area contributed by atoms with E-state index in [1.54, 1.807) is 0 Å². The lowest BCUT2D eigenvalue weighted by atomic mass is 10.0. The highest BCUT2D eigenvalue weighted by atomic mass is 19.1. The predicted molar refractivity (Wildman–Crippen MR) is 79.1 cm³/mol. The molecule has 5 nitrogen and oxygen atoms in total. The Kier molecular flexibility index (Phi) is 5.50. The Morgan fingerprint density at radius 3 is 3.10 bits per heavy atom. The van der Waals surface area contributed by atoms with E-state index in [4.69, 9.17) is 5.11 Å². The Morgan fingerprint density at radius 1 is 1.57 bits per heavy atom. The molecular weight excluding hydrogens is 273 g/mol. The van der Waals surface area contributed by atoms with Gasteiger partial charge >= 0.3 is 5.97 Å². The molecular formula is C15H22FN3O2. The summed E-state index contributed by atoms with van der Waals surface area (Å²) >= 11 is 0. The van der Waals surface area contributed by atoms with Crippen LogP contribution in [-0.4, -0.2) is 46.6 Å². The lowest BCUT2D eigenvalue weighted by molar-refractivity contribution is 0.0697. The van der Waals surface area contributed by atoms with Crippen LogP contribution in [0.3, 0.4) is 0 Å². The zero-order valence-electron chi connectivity index (χ0n) is 12.3. The number of nitrogens with zero attached hydrogens (tertiary/aromatic N) is 2. The number of halogens is 1. The first-order chi connectivity index (χ1) is 10.1. The fourth-order valence-electron chi connectivity index (χ4n) is 2.72. The molecule has 1 aliphatic heterocycles. The van der Waals surface area contributed by atoms with Crippen LogP contribution >= 0.6 is 0 Å². The minimum Gasteiger partial charge on any atom is -0.478 e. The van der Waals surface area contributed by atoms with Gasteiger partial charge in [-0.25, -0.2) is 14.2 Å². The molecule has 0 saturated carbocycles. The van der Waals surface area contributed by atoms with Gasteiger partial charge in [0, 0.05) is 19.1 Å². The van der Waals surface area contributed by atoms with Crippen LogP contribution in [0.25, 0.3) is 0 Å². The molecule has 0 radical (unpaired) electrons. The minimum atomic E-state index is -1.17. The van der Waals surface area contributed by atoms with Crippen molar-refractivity contribution in [3.63, 3.8) is 0 Å². The van der Waals surface area contributed by atoms with E-state index in [0.717, 1.165) is 31.8 Å². The maximum absolute atomic E-state index is 13.0. The molecule has 0 amide bonds. The monoisotopic (exact) mass is 295 g/mol. The minimum absolute atomic E-state index is 0.124. The van der Waals surface area contributed by atoms with Crippen molar-refractivity contribution in [2.24, 2.45) is 0 Å². The highest BCUT2D eigenvalue weighted by molar-refractivity contribution is 5.93. The third-order valence-electron chi connectivity index (χ3n) is 3.94. The lowest BCUT2D eigenvalue weighted by Gasteiger charge is -2.33. The van der Waals surface area contributed by atoms with E-state index in [2.05, 4.69) is 22.1 Å². The Balaban J connectivity index is 1.82. The third kappa shape index (κ3) is 4.39. The van der Waals surface area contributed by atoms with E-state index < -0.39 is 11.8 Å². The number of rotatable bonds is 6. The van der Waals surface area contributed by atoms with Crippen LogP contribution < -0.4 is 5.32 Å². The highest BCUT2D eigenvalue weighted by Gasteiger charge is 2.17. The summed E-state index contributed by atoms with van der Waals surface area (Å²) in [5, 5.41) is 12.0. The van der Waals surface area contributed by atoms with Crippen molar-refractivity contribution < 1.29 is 14.3 Å². The summed E-state index contributed by atoms with van der Waals surface area (Å²) in [6.07, 6.45) is 5.73. The van der Waals surface area contributed by atoms with Crippen molar-refractivity contribution in [2.45, 2.75) is 38.6 Å². The molecule has 1 fully saturated rings. The molecule has 2 rings (SSSR count). The van der Waals surface area contributed by atoms with E-state index in [1.807, 2.05) is 0 Å². The number of aromatic carboxylic acids is 1. The Bertz CT molecular complexity index is 496. The predicted octanol–water partition coefficient (Wildman–Crippen LogP) is 2.60. The largest absolute Gasteiger partial charge is 0.478 e. The molecule has 1 aromatic rings. The van der Waals surface area contributed by atoms with Crippen LogP contribution in [-0.2, 0) is 0 Å². The summed E-state index contributed by atoms with van der Waals surface area (Å²) in [6.45, 7) is 4.99. The number of likely N-dealkylation sites (tertiary alicyclic amines) is 1. The van der Waals surface area contributed by atoms with Gasteiger partial charge in [0.15, 0.2) is 0 Å². The van der Waals surface area contributed by atoms with Crippen LogP contribution in [0.2, 0.25) is 0 Å². The van der Waals surface area contributed by atoms with Gasteiger partial charge in [-0.15, -0.1) is 0 Å². The number of pyridine rings is 1. The molecule has 1 atom stereocenters. The number of carboxylic acids is 1. The van der Waals surface area contributed by atoms with Gasteiger partial charge in [-0.2, -0.15) is 0 Å². The van der Waals surface area contributed by atoms with Crippen LogP contribution in [0, 0.1) is 5.82 Å².